The summed E-state index contributed by atoms with van der Waals surface area (Å²) in [5.41, 5.74) is 1.16. The molecule has 2 aromatic rings. The van der Waals surface area contributed by atoms with Crippen molar-refractivity contribution >= 4 is 11.6 Å². The Morgan fingerprint density at radius 1 is 1.00 bits per heavy atom. The number of halogens is 2. The Labute approximate surface area is 124 Å². The van der Waals surface area contributed by atoms with Crippen LogP contribution in [0.2, 0.25) is 0 Å². The molecule has 7 heteroatoms. The van der Waals surface area contributed by atoms with E-state index in [2.05, 4.69) is 16.7 Å². The molecule has 2 rings (SSSR count). The molecule has 0 spiro atoms. The van der Waals surface area contributed by atoms with Crippen molar-refractivity contribution < 1.29 is 33.4 Å². The molecule has 5 nitrogen and oxygen atoms in total. The molecule has 0 bridgehead atoms. The van der Waals surface area contributed by atoms with Crippen LogP contribution in [0.5, 0.6) is 0 Å². The van der Waals surface area contributed by atoms with Crippen molar-refractivity contribution in [2.45, 2.75) is 11.9 Å². The molecule has 0 fully saturated rings. The minimum atomic E-state index is -4.19. The maximum absolute atomic E-state index is 8.83. The fourth-order valence-corrected chi connectivity index (χ4v) is 1.81. The predicted octanol–water partition coefficient (Wildman–Crippen LogP) is 0.0942. The van der Waals surface area contributed by atoms with Crippen LogP contribution in [0, 0.1) is 10.2 Å². The van der Waals surface area contributed by atoms with E-state index in [1.807, 2.05) is 48.8 Å². The van der Waals surface area contributed by atoms with Crippen molar-refractivity contribution in [1.29, 1.82) is 0 Å². The van der Waals surface area contributed by atoms with Crippen LogP contribution in [0.1, 0.15) is 10.9 Å². The summed E-state index contributed by atoms with van der Waals surface area (Å²) in [6.45, 7) is 0.798. The van der Waals surface area contributed by atoms with E-state index in [1.54, 1.807) is 0 Å². The maximum atomic E-state index is 8.83. The molecule has 0 saturated heterocycles. The van der Waals surface area contributed by atoms with Gasteiger partial charge < -0.3 is 0 Å². The second kappa shape index (κ2) is 8.16. The molecule has 1 unspecified atom stereocenters. The Bertz CT molecular complexity index is 485. The number of aromatic nitrogens is 1. The van der Waals surface area contributed by atoms with Crippen molar-refractivity contribution in [3.63, 3.8) is 0 Å². The summed E-state index contributed by atoms with van der Waals surface area (Å²) >= 11 is 6.32. The quantitative estimate of drug-likeness (QED) is 0.552. The standard InChI is InChI=1S/C13H13ClN.ClH3O4/c14-13(12-7-3-1-4-8-12)11-15-9-5-2-6-10-15;2-1(3,4)5/h1-10,13H,11H2;2-4H/q+1;. The Morgan fingerprint density at radius 2 is 1.45 bits per heavy atom. The van der Waals surface area contributed by atoms with Gasteiger partial charge in [-0.15, -0.1) is 11.6 Å². The molecule has 0 aliphatic heterocycles. The number of pyridine rings is 1. The minimum absolute atomic E-state index is 0.0265. The number of hydrogen-bond donors (Lipinski definition) is 3. The van der Waals surface area contributed by atoms with E-state index in [9.17, 15) is 0 Å². The zero-order valence-corrected chi connectivity index (χ0v) is 12.0. The molecule has 0 radical (unpaired) electrons. The first kappa shape index (κ1) is 16.8. The summed E-state index contributed by atoms with van der Waals surface area (Å²) in [6, 6.07) is 16.2. The van der Waals surface area contributed by atoms with Gasteiger partial charge in [-0.3, -0.25) is 0 Å². The van der Waals surface area contributed by atoms with Gasteiger partial charge in [0, 0.05) is 12.1 Å². The number of rotatable bonds is 3. The van der Waals surface area contributed by atoms with Crippen LogP contribution in [0.25, 0.3) is 0 Å². The van der Waals surface area contributed by atoms with Crippen LogP contribution in [0.15, 0.2) is 60.9 Å². The Morgan fingerprint density at radius 3 is 1.95 bits per heavy atom. The number of alkyl halides is 1. The molecule has 3 N–H and O–H groups in total. The molecule has 1 heterocycles. The van der Waals surface area contributed by atoms with Gasteiger partial charge in [0.15, 0.2) is 18.9 Å². The fourth-order valence-electron chi connectivity index (χ4n) is 1.51. The van der Waals surface area contributed by atoms with E-state index in [0.29, 0.717) is 0 Å². The average molecular weight is 321 g/mol. The van der Waals surface area contributed by atoms with E-state index in [0.717, 1.165) is 12.1 Å². The third-order valence-corrected chi connectivity index (χ3v) is 2.70. The molecule has 0 saturated carbocycles. The number of hydrogen-bond acceptors (Lipinski definition) is 4. The fraction of sp³-hybridized carbons (Fsp3) is 0.154. The molecular weight excluding hydrogens is 305 g/mol. The van der Waals surface area contributed by atoms with E-state index in [4.69, 9.17) is 30.2 Å². The molecule has 0 amide bonds. The van der Waals surface area contributed by atoms with Gasteiger partial charge in [0.2, 0.25) is 0 Å². The molecule has 1 atom stereocenters. The van der Waals surface area contributed by atoms with Gasteiger partial charge in [-0.05, 0) is 5.56 Å². The van der Waals surface area contributed by atoms with Crippen LogP contribution >= 0.6 is 11.6 Å². The van der Waals surface area contributed by atoms with Gasteiger partial charge in [-0.25, -0.2) is 4.57 Å². The molecule has 1 aromatic carbocycles. The summed E-state index contributed by atoms with van der Waals surface area (Å²) in [5, 5.41) is 0.0265. The summed E-state index contributed by atoms with van der Waals surface area (Å²) in [6.07, 6.45) is 4.05. The van der Waals surface area contributed by atoms with Crippen LogP contribution in [0.3, 0.4) is 0 Å². The molecule has 20 heavy (non-hydrogen) atoms. The molecule has 110 valence electrons. The SMILES string of the molecule is ClC(C[n+]1ccccc1)c1ccccc1.[O-][Cl+](O)(O)O. The van der Waals surface area contributed by atoms with Crippen LogP contribution < -0.4 is 9.23 Å². The van der Waals surface area contributed by atoms with Crippen molar-refractivity contribution in [3.8, 4) is 0 Å². The van der Waals surface area contributed by atoms with Crippen LogP contribution in [0.4, 0.5) is 0 Å². The van der Waals surface area contributed by atoms with E-state index >= 15 is 0 Å². The van der Waals surface area contributed by atoms with Gasteiger partial charge in [0.1, 0.15) is 5.38 Å². The Kier molecular flexibility index (Phi) is 6.87. The zero-order chi connectivity index (χ0) is 15.0. The molecule has 0 aliphatic carbocycles. The third-order valence-electron chi connectivity index (χ3n) is 2.31. The van der Waals surface area contributed by atoms with Crippen molar-refractivity contribution in [2.24, 2.45) is 0 Å². The average Bonchev–Trinajstić information content (AvgIpc) is 2.39. The normalized spacial score (nSPS) is 13.1. The first-order valence-electron chi connectivity index (χ1n) is 5.65. The topological polar surface area (TPSA) is 87.6 Å². The van der Waals surface area contributed by atoms with Crippen LogP contribution in [-0.2, 0) is 6.54 Å². The second-order valence-electron chi connectivity index (χ2n) is 3.88. The van der Waals surface area contributed by atoms with Crippen molar-refractivity contribution in [1.82, 2.24) is 0 Å². The van der Waals surface area contributed by atoms with Gasteiger partial charge in [-0.1, -0.05) is 36.4 Å². The van der Waals surface area contributed by atoms with Gasteiger partial charge >= 0.3 is 28.9 Å². The van der Waals surface area contributed by atoms with Crippen molar-refractivity contribution in [3.05, 3.63) is 66.5 Å². The Hall–Kier alpha value is -1.21. The van der Waals surface area contributed by atoms with E-state index in [-0.39, 0.29) is 5.38 Å². The predicted molar refractivity (Wildman–Crippen MR) is 68.3 cm³/mol. The monoisotopic (exact) mass is 320 g/mol. The van der Waals surface area contributed by atoms with E-state index < -0.39 is 10.2 Å². The summed E-state index contributed by atoms with van der Waals surface area (Å²) in [5.74, 6) is 0. The Balaban J connectivity index is 0.000000347. The van der Waals surface area contributed by atoms with Gasteiger partial charge in [-0.2, -0.15) is 0 Å². The first-order valence-corrected chi connectivity index (χ1v) is 7.41. The van der Waals surface area contributed by atoms with Crippen molar-refractivity contribution in [2.75, 3.05) is 0 Å². The van der Waals surface area contributed by atoms with Gasteiger partial charge in [0.05, 0.1) is 0 Å². The molecular formula is C13H16Cl2NO4+. The summed E-state index contributed by atoms with van der Waals surface area (Å²) in [7, 11) is -4.19. The summed E-state index contributed by atoms with van der Waals surface area (Å²) in [4.78, 5) is 0. The van der Waals surface area contributed by atoms with Crippen LogP contribution in [-0.4, -0.2) is 14.0 Å². The van der Waals surface area contributed by atoms with Gasteiger partial charge in [0.25, 0.3) is 0 Å². The summed E-state index contributed by atoms with van der Waals surface area (Å²) < 4.78 is 32.3. The number of nitrogens with zero attached hydrogens (tertiary/aromatic N) is 1. The second-order valence-corrected chi connectivity index (χ2v) is 5.28. The third kappa shape index (κ3) is 8.06. The first-order chi connectivity index (χ1) is 9.36. The molecule has 1 aromatic heterocycles. The van der Waals surface area contributed by atoms with E-state index in [1.165, 1.54) is 0 Å². The zero-order valence-electron chi connectivity index (χ0n) is 10.5. The number of benzene rings is 1. The molecule has 0 aliphatic rings.